The molecule has 0 aliphatic rings. The highest BCUT2D eigenvalue weighted by Crippen LogP contribution is 2.15. The van der Waals surface area contributed by atoms with Gasteiger partial charge in [-0.3, -0.25) is 0 Å². The molecule has 0 saturated heterocycles. The number of hydrogen-bond acceptors (Lipinski definition) is 2. The van der Waals surface area contributed by atoms with Gasteiger partial charge in [-0.15, -0.1) is 0 Å². The van der Waals surface area contributed by atoms with Crippen molar-refractivity contribution in [2.45, 2.75) is 0 Å². The molecule has 2 nitrogen and oxygen atoms in total. The van der Waals surface area contributed by atoms with Crippen molar-refractivity contribution in [1.29, 1.82) is 0 Å². The third-order valence-electron chi connectivity index (χ3n) is 2.84. The van der Waals surface area contributed by atoms with E-state index in [1.807, 2.05) is 42.5 Å². The molecular weight excluding hydrogens is 316 g/mol. The quantitative estimate of drug-likeness (QED) is 0.463. The summed E-state index contributed by atoms with van der Waals surface area (Å²) in [5.74, 6) is 6.10. The first-order valence-electron chi connectivity index (χ1n) is 6.03. The molecule has 2 aromatic carbocycles. The van der Waals surface area contributed by atoms with E-state index < -0.39 is 0 Å². The van der Waals surface area contributed by atoms with E-state index in [9.17, 15) is 4.79 Å². The zero-order valence-corrected chi connectivity index (χ0v) is 12.0. The second kappa shape index (κ2) is 5.36. The lowest BCUT2D eigenvalue weighted by Gasteiger charge is -1.98. The summed E-state index contributed by atoms with van der Waals surface area (Å²) in [7, 11) is 0. The Kier molecular flexibility index (Phi) is 3.41. The lowest BCUT2D eigenvalue weighted by atomic mass is 10.1. The molecule has 20 heavy (non-hydrogen) atoms. The average molecular weight is 325 g/mol. The van der Waals surface area contributed by atoms with Gasteiger partial charge in [0.25, 0.3) is 0 Å². The van der Waals surface area contributed by atoms with Crippen LogP contribution in [0.2, 0.25) is 0 Å². The minimum absolute atomic E-state index is 0.385. The Hall–Kier alpha value is -2.31. The zero-order chi connectivity index (χ0) is 13.9. The summed E-state index contributed by atoms with van der Waals surface area (Å²) in [6.45, 7) is 0. The predicted octanol–water partition coefficient (Wildman–Crippen LogP) is 3.96. The average Bonchev–Trinajstić information content (AvgIpc) is 2.46. The van der Waals surface area contributed by atoms with Crippen LogP contribution in [-0.4, -0.2) is 0 Å². The lowest BCUT2D eigenvalue weighted by Crippen LogP contribution is -1.98. The summed E-state index contributed by atoms with van der Waals surface area (Å²) >= 11 is 3.38. The van der Waals surface area contributed by atoms with Crippen LogP contribution < -0.4 is 5.63 Å². The molecule has 1 aromatic heterocycles. The fourth-order valence-corrected chi connectivity index (χ4v) is 2.15. The first-order valence-corrected chi connectivity index (χ1v) is 6.82. The van der Waals surface area contributed by atoms with E-state index in [-0.39, 0.29) is 5.63 Å². The van der Waals surface area contributed by atoms with Gasteiger partial charge in [0.2, 0.25) is 0 Å². The van der Waals surface area contributed by atoms with Crippen molar-refractivity contribution in [3.63, 3.8) is 0 Å². The monoisotopic (exact) mass is 324 g/mol. The van der Waals surface area contributed by atoms with Gasteiger partial charge < -0.3 is 4.42 Å². The van der Waals surface area contributed by atoms with Crippen molar-refractivity contribution in [2.24, 2.45) is 0 Å². The third-order valence-corrected chi connectivity index (χ3v) is 3.36. The summed E-state index contributed by atoms with van der Waals surface area (Å²) in [6, 6.07) is 16.5. The highest BCUT2D eigenvalue weighted by molar-refractivity contribution is 9.10. The summed E-state index contributed by atoms with van der Waals surface area (Å²) in [5, 5.41) is 0.844. The number of para-hydroxylation sites is 1. The van der Waals surface area contributed by atoms with Crippen LogP contribution in [0.1, 0.15) is 11.1 Å². The number of fused-ring (bicyclic) bond motifs is 1. The van der Waals surface area contributed by atoms with Gasteiger partial charge >= 0.3 is 5.63 Å². The van der Waals surface area contributed by atoms with Crippen LogP contribution in [0, 0.1) is 11.8 Å². The van der Waals surface area contributed by atoms with Gasteiger partial charge in [-0.05, 0) is 36.4 Å². The summed E-state index contributed by atoms with van der Waals surface area (Å²) < 4.78 is 6.15. The molecule has 0 amide bonds. The Labute approximate surface area is 124 Å². The maximum Gasteiger partial charge on any atom is 0.337 e. The Morgan fingerprint density at radius 2 is 1.70 bits per heavy atom. The van der Waals surface area contributed by atoms with Gasteiger partial charge in [-0.1, -0.05) is 39.9 Å². The van der Waals surface area contributed by atoms with Gasteiger partial charge in [0.05, 0.1) is 0 Å². The maximum atomic E-state index is 11.5. The van der Waals surface area contributed by atoms with Gasteiger partial charge in [-0.25, -0.2) is 4.79 Å². The molecule has 0 spiro atoms. The standard InChI is InChI=1S/C17H9BrO2/c18-14-9-6-12(7-10-14)5-8-13-11-17(19)20-16-4-2-1-3-15(13)16/h1-4,6-7,9-11H. The number of hydrogen-bond donors (Lipinski definition) is 0. The van der Waals surface area contributed by atoms with E-state index in [1.165, 1.54) is 6.07 Å². The van der Waals surface area contributed by atoms with Crippen molar-refractivity contribution in [1.82, 2.24) is 0 Å². The van der Waals surface area contributed by atoms with Gasteiger partial charge in [0.15, 0.2) is 0 Å². The van der Waals surface area contributed by atoms with Crippen LogP contribution in [0.5, 0.6) is 0 Å². The Bertz CT molecular complexity index is 880. The Morgan fingerprint density at radius 3 is 2.50 bits per heavy atom. The summed E-state index contributed by atoms with van der Waals surface area (Å²) in [5.41, 5.74) is 1.74. The zero-order valence-electron chi connectivity index (χ0n) is 10.4. The molecular formula is C17H9BrO2. The second-order valence-corrected chi connectivity index (χ2v) is 5.15. The lowest BCUT2D eigenvalue weighted by molar-refractivity contribution is 0.560. The second-order valence-electron chi connectivity index (χ2n) is 4.23. The van der Waals surface area contributed by atoms with Crippen molar-refractivity contribution in [3.05, 3.63) is 80.6 Å². The molecule has 0 radical (unpaired) electrons. The van der Waals surface area contributed by atoms with Crippen molar-refractivity contribution in [2.75, 3.05) is 0 Å². The van der Waals surface area contributed by atoms with E-state index >= 15 is 0 Å². The van der Waals surface area contributed by atoms with E-state index in [2.05, 4.69) is 27.8 Å². The summed E-state index contributed by atoms with van der Waals surface area (Å²) in [6.07, 6.45) is 0. The van der Waals surface area contributed by atoms with E-state index in [0.29, 0.717) is 11.1 Å². The summed E-state index contributed by atoms with van der Waals surface area (Å²) in [4.78, 5) is 11.5. The minimum Gasteiger partial charge on any atom is -0.423 e. The van der Waals surface area contributed by atoms with Crippen LogP contribution in [0.4, 0.5) is 0 Å². The molecule has 0 N–H and O–H groups in total. The van der Waals surface area contributed by atoms with Gasteiger partial charge in [-0.2, -0.15) is 0 Å². The SMILES string of the molecule is O=c1cc(C#Cc2ccc(Br)cc2)c2ccccc2o1. The third kappa shape index (κ3) is 2.66. The Morgan fingerprint density at radius 1 is 0.950 bits per heavy atom. The van der Waals surface area contributed by atoms with Crippen LogP contribution in [0.25, 0.3) is 11.0 Å². The van der Waals surface area contributed by atoms with E-state index in [1.54, 1.807) is 6.07 Å². The molecule has 1 heterocycles. The van der Waals surface area contributed by atoms with Crippen molar-refractivity contribution < 1.29 is 4.42 Å². The van der Waals surface area contributed by atoms with Gasteiger partial charge in [0.1, 0.15) is 5.58 Å². The minimum atomic E-state index is -0.385. The molecule has 0 bridgehead atoms. The molecule has 0 unspecified atom stereocenters. The fourth-order valence-electron chi connectivity index (χ4n) is 1.89. The van der Waals surface area contributed by atoms with Crippen LogP contribution in [0.15, 0.2) is 68.3 Å². The number of rotatable bonds is 0. The van der Waals surface area contributed by atoms with Gasteiger partial charge in [0, 0.05) is 27.1 Å². The van der Waals surface area contributed by atoms with E-state index in [0.717, 1.165) is 15.4 Å². The maximum absolute atomic E-state index is 11.5. The number of halogens is 1. The van der Waals surface area contributed by atoms with Crippen LogP contribution in [-0.2, 0) is 0 Å². The largest absolute Gasteiger partial charge is 0.423 e. The molecule has 0 aliphatic heterocycles. The molecule has 96 valence electrons. The molecule has 0 aliphatic carbocycles. The highest BCUT2D eigenvalue weighted by Gasteiger charge is 2.01. The van der Waals surface area contributed by atoms with E-state index in [4.69, 9.17) is 4.42 Å². The molecule has 0 atom stereocenters. The molecule has 3 aromatic rings. The normalized spacial score (nSPS) is 10.1. The predicted molar refractivity (Wildman–Crippen MR) is 82.6 cm³/mol. The van der Waals surface area contributed by atoms with Crippen LogP contribution in [0.3, 0.4) is 0 Å². The molecule has 3 rings (SSSR count). The Balaban J connectivity index is 2.12. The number of benzene rings is 2. The molecule has 0 fully saturated rings. The molecule has 0 saturated carbocycles. The highest BCUT2D eigenvalue weighted by atomic mass is 79.9. The smallest absolute Gasteiger partial charge is 0.337 e. The topological polar surface area (TPSA) is 30.2 Å². The van der Waals surface area contributed by atoms with Crippen molar-refractivity contribution in [3.8, 4) is 11.8 Å². The first kappa shape index (κ1) is 12.7. The fraction of sp³-hybridized carbons (Fsp3) is 0. The van der Waals surface area contributed by atoms with Crippen molar-refractivity contribution >= 4 is 26.9 Å². The first-order chi connectivity index (χ1) is 9.72. The molecule has 3 heteroatoms. The van der Waals surface area contributed by atoms with Crippen LogP contribution >= 0.6 is 15.9 Å².